The molecule has 0 aliphatic heterocycles. The topological polar surface area (TPSA) is 69.6 Å². The molecule has 92 valence electrons. The van der Waals surface area contributed by atoms with Crippen LogP contribution in [0.15, 0.2) is 11.6 Å². The Hall–Kier alpha value is -1.36. The fraction of sp³-hybridized carbons (Fsp3) is 0.636. The smallest absolute Gasteiger partial charge is 0.330 e. The molecule has 0 aromatic rings. The summed E-state index contributed by atoms with van der Waals surface area (Å²) >= 11 is 0. The minimum atomic E-state index is -0.909. The average Bonchev–Trinajstić information content (AvgIpc) is 2.24. The monoisotopic (exact) mass is 228 g/mol. The molecule has 5 nitrogen and oxygen atoms in total. The van der Waals surface area contributed by atoms with Crippen molar-refractivity contribution in [3.63, 3.8) is 0 Å². The largest absolute Gasteiger partial charge is 0.478 e. The van der Waals surface area contributed by atoms with Crippen molar-refractivity contribution in [1.82, 2.24) is 10.2 Å². The van der Waals surface area contributed by atoms with E-state index in [1.165, 1.54) is 0 Å². The van der Waals surface area contributed by atoms with E-state index in [9.17, 15) is 9.59 Å². The third kappa shape index (κ3) is 5.50. The number of likely N-dealkylation sites (N-methyl/N-ethyl adjacent to an activating group) is 1. The van der Waals surface area contributed by atoms with Crippen LogP contribution in [0.3, 0.4) is 0 Å². The van der Waals surface area contributed by atoms with Crippen LogP contribution in [-0.4, -0.2) is 49.1 Å². The lowest BCUT2D eigenvalue weighted by Crippen LogP contribution is -2.34. The molecule has 2 N–H and O–H groups in total. The summed E-state index contributed by atoms with van der Waals surface area (Å²) in [5.41, 5.74) is 0.319. The van der Waals surface area contributed by atoms with E-state index in [1.807, 2.05) is 18.9 Å². The first-order valence-corrected chi connectivity index (χ1v) is 5.18. The molecule has 1 unspecified atom stereocenters. The molecule has 0 saturated carbocycles. The van der Waals surface area contributed by atoms with Crippen LogP contribution in [0.25, 0.3) is 0 Å². The molecule has 0 aromatic carbocycles. The molecule has 0 radical (unpaired) electrons. The Bertz CT molecular complexity index is 287. The van der Waals surface area contributed by atoms with E-state index >= 15 is 0 Å². The van der Waals surface area contributed by atoms with E-state index in [4.69, 9.17) is 5.11 Å². The number of nitrogens with one attached hydrogen (secondary N) is 1. The summed E-state index contributed by atoms with van der Waals surface area (Å²) in [6.07, 6.45) is 1.64. The van der Waals surface area contributed by atoms with Crippen molar-refractivity contribution in [3.05, 3.63) is 11.6 Å². The molecule has 0 bridgehead atoms. The Morgan fingerprint density at radius 3 is 2.50 bits per heavy atom. The quantitative estimate of drug-likeness (QED) is 0.643. The molecule has 16 heavy (non-hydrogen) atoms. The Labute approximate surface area is 96.1 Å². The van der Waals surface area contributed by atoms with Crippen molar-refractivity contribution in [3.8, 4) is 0 Å². The number of rotatable bonds is 6. The number of amides is 1. The van der Waals surface area contributed by atoms with Crippen LogP contribution in [0, 0.1) is 5.92 Å². The second-order valence-corrected chi connectivity index (χ2v) is 3.93. The minimum absolute atomic E-state index is 0.00853. The third-order valence-electron chi connectivity index (χ3n) is 2.33. The zero-order valence-electron chi connectivity index (χ0n) is 10.3. The predicted octanol–water partition coefficient (Wildman–Crippen LogP) is 0.331. The van der Waals surface area contributed by atoms with Gasteiger partial charge < -0.3 is 15.3 Å². The Morgan fingerprint density at radius 2 is 2.06 bits per heavy atom. The van der Waals surface area contributed by atoms with Crippen LogP contribution >= 0.6 is 0 Å². The maximum absolute atomic E-state index is 11.2. The van der Waals surface area contributed by atoms with Gasteiger partial charge in [0.1, 0.15) is 0 Å². The van der Waals surface area contributed by atoms with Crippen LogP contribution in [-0.2, 0) is 9.59 Å². The highest BCUT2D eigenvalue weighted by Gasteiger charge is 2.12. The van der Waals surface area contributed by atoms with Gasteiger partial charge in [-0.05, 0) is 14.0 Å². The molecule has 0 saturated heterocycles. The van der Waals surface area contributed by atoms with Crippen LogP contribution in [0.4, 0.5) is 0 Å². The highest BCUT2D eigenvalue weighted by molar-refractivity contribution is 5.85. The summed E-state index contributed by atoms with van der Waals surface area (Å²) in [5.74, 6) is -1.02. The van der Waals surface area contributed by atoms with Crippen LogP contribution < -0.4 is 5.32 Å². The Morgan fingerprint density at radius 1 is 1.50 bits per heavy atom. The van der Waals surface area contributed by atoms with E-state index in [0.29, 0.717) is 18.7 Å². The summed E-state index contributed by atoms with van der Waals surface area (Å²) in [4.78, 5) is 23.7. The summed E-state index contributed by atoms with van der Waals surface area (Å²) in [6.45, 7) is 4.52. The van der Waals surface area contributed by atoms with Crippen LogP contribution in [0.2, 0.25) is 0 Å². The van der Waals surface area contributed by atoms with E-state index < -0.39 is 5.97 Å². The van der Waals surface area contributed by atoms with Crippen molar-refractivity contribution < 1.29 is 14.7 Å². The van der Waals surface area contributed by atoms with Crippen LogP contribution in [0.1, 0.15) is 13.8 Å². The van der Waals surface area contributed by atoms with Gasteiger partial charge in [-0.2, -0.15) is 0 Å². The number of carbonyl (C=O) groups excluding carboxylic acids is 1. The minimum Gasteiger partial charge on any atom is -0.478 e. The molecule has 0 aliphatic rings. The Kier molecular flexibility index (Phi) is 6.41. The molecule has 0 fully saturated rings. The molecule has 1 amide bonds. The molecular formula is C11H20N2O3. The van der Waals surface area contributed by atoms with Gasteiger partial charge in [0.05, 0.1) is 0 Å². The van der Waals surface area contributed by atoms with Gasteiger partial charge in [0.15, 0.2) is 0 Å². The number of hydrogen-bond donors (Lipinski definition) is 2. The van der Waals surface area contributed by atoms with Gasteiger partial charge in [0.25, 0.3) is 0 Å². The van der Waals surface area contributed by atoms with Crippen molar-refractivity contribution in [2.24, 2.45) is 5.92 Å². The van der Waals surface area contributed by atoms with Gasteiger partial charge in [0.2, 0.25) is 5.91 Å². The zero-order valence-corrected chi connectivity index (χ0v) is 10.3. The van der Waals surface area contributed by atoms with Crippen molar-refractivity contribution >= 4 is 11.9 Å². The molecule has 0 heterocycles. The lowest BCUT2D eigenvalue weighted by molar-refractivity contribution is -0.132. The van der Waals surface area contributed by atoms with Crippen molar-refractivity contribution in [1.29, 1.82) is 0 Å². The second-order valence-electron chi connectivity index (χ2n) is 3.93. The SMILES string of the molecule is CNC(=O)C(C)CN(C)C/C=C(/C)C(=O)O. The van der Waals surface area contributed by atoms with Gasteiger partial charge in [-0.3, -0.25) is 4.79 Å². The molecule has 0 rings (SSSR count). The van der Waals surface area contributed by atoms with Gasteiger partial charge in [0, 0.05) is 31.6 Å². The average molecular weight is 228 g/mol. The molecule has 0 aromatic heterocycles. The first-order chi connectivity index (χ1) is 7.38. The fourth-order valence-corrected chi connectivity index (χ4v) is 1.25. The lowest BCUT2D eigenvalue weighted by atomic mass is 10.1. The van der Waals surface area contributed by atoms with E-state index in [2.05, 4.69) is 5.32 Å². The zero-order chi connectivity index (χ0) is 12.7. The number of aliphatic carboxylic acids is 1. The third-order valence-corrected chi connectivity index (χ3v) is 2.33. The maximum Gasteiger partial charge on any atom is 0.330 e. The van der Waals surface area contributed by atoms with Gasteiger partial charge >= 0.3 is 5.97 Å². The second kappa shape index (κ2) is 7.00. The summed E-state index contributed by atoms with van der Waals surface area (Å²) < 4.78 is 0. The van der Waals surface area contributed by atoms with Crippen LogP contribution in [0.5, 0.6) is 0 Å². The highest BCUT2D eigenvalue weighted by atomic mass is 16.4. The highest BCUT2D eigenvalue weighted by Crippen LogP contribution is 1.99. The van der Waals surface area contributed by atoms with Crippen molar-refractivity contribution in [2.75, 3.05) is 27.2 Å². The Balaban J connectivity index is 4.09. The molecular weight excluding hydrogens is 208 g/mol. The maximum atomic E-state index is 11.2. The van der Waals surface area contributed by atoms with Gasteiger partial charge in [-0.15, -0.1) is 0 Å². The first-order valence-electron chi connectivity index (χ1n) is 5.18. The van der Waals surface area contributed by atoms with Gasteiger partial charge in [-0.1, -0.05) is 13.0 Å². The number of nitrogens with zero attached hydrogens (tertiary/aromatic N) is 1. The van der Waals surface area contributed by atoms with E-state index in [0.717, 1.165) is 0 Å². The molecule has 0 aliphatic carbocycles. The molecule has 1 atom stereocenters. The standard InChI is InChI=1S/C11H20N2O3/c1-8(11(15)16)5-6-13(4)7-9(2)10(14)12-3/h5,9H,6-7H2,1-4H3,(H,12,14)(H,15,16)/b8-5-. The number of carboxylic acids is 1. The number of carbonyl (C=O) groups is 2. The molecule has 5 heteroatoms. The van der Waals surface area contributed by atoms with Crippen molar-refractivity contribution in [2.45, 2.75) is 13.8 Å². The van der Waals surface area contributed by atoms with E-state index in [1.54, 1.807) is 20.0 Å². The summed E-state index contributed by atoms with van der Waals surface area (Å²) in [7, 11) is 3.46. The van der Waals surface area contributed by atoms with Gasteiger partial charge in [-0.25, -0.2) is 4.79 Å². The normalized spacial score (nSPS) is 13.7. The number of carboxylic acid groups (broad SMARTS) is 1. The number of hydrogen-bond acceptors (Lipinski definition) is 3. The molecule has 0 spiro atoms. The summed E-state index contributed by atoms with van der Waals surface area (Å²) in [5, 5.41) is 11.2. The predicted molar refractivity (Wildman–Crippen MR) is 62.1 cm³/mol. The lowest BCUT2D eigenvalue weighted by Gasteiger charge is -2.18. The fourth-order valence-electron chi connectivity index (χ4n) is 1.25. The van der Waals surface area contributed by atoms with E-state index in [-0.39, 0.29) is 11.8 Å². The summed E-state index contributed by atoms with van der Waals surface area (Å²) in [6, 6.07) is 0. The first kappa shape index (κ1) is 14.6.